The van der Waals surface area contributed by atoms with Crippen molar-refractivity contribution in [3.05, 3.63) is 76.2 Å². The number of imide groups is 1. The molecule has 5 heteroatoms. The van der Waals surface area contributed by atoms with E-state index in [0.717, 1.165) is 27.8 Å². The first-order valence-corrected chi connectivity index (χ1v) is 8.23. The minimum absolute atomic E-state index is 0.266. The largest absolute Gasteiger partial charge is 0.273 e. The number of carbonyl (C=O) groups excluding carboxylic acids is 2. The summed E-state index contributed by atoms with van der Waals surface area (Å²) >= 11 is 6.37. The molecule has 3 nitrogen and oxygen atoms in total. The molecular weight excluding hydrogens is 326 g/mol. The van der Waals surface area contributed by atoms with Crippen molar-refractivity contribution in [1.82, 2.24) is 4.90 Å². The smallest absolute Gasteiger partial charge is 0.268 e. The zero-order valence-electron chi connectivity index (χ0n) is 12.4. The molecule has 23 heavy (non-hydrogen) atoms. The van der Waals surface area contributed by atoms with Gasteiger partial charge in [-0.1, -0.05) is 72.0 Å². The van der Waals surface area contributed by atoms with Gasteiger partial charge in [0.15, 0.2) is 4.32 Å². The highest BCUT2D eigenvalue weighted by Gasteiger charge is 2.37. The molecule has 0 saturated carbocycles. The molecule has 1 aliphatic rings. The highest BCUT2D eigenvalue weighted by Crippen LogP contribution is 2.33. The Labute approximate surface area is 144 Å². The second-order valence-corrected chi connectivity index (χ2v) is 6.77. The molecule has 0 aromatic heterocycles. The minimum atomic E-state index is -0.389. The van der Waals surface area contributed by atoms with Crippen LogP contribution in [-0.4, -0.2) is 21.0 Å². The third kappa shape index (κ3) is 3.25. The van der Waals surface area contributed by atoms with E-state index < -0.39 is 0 Å². The lowest BCUT2D eigenvalue weighted by Gasteiger charge is -2.12. The van der Waals surface area contributed by atoms with E-state index in [1.54, 1.807) is 30.3 Å². The van der Waals surface area contributed by atoms with Crippen molar-refractivity contribution < 1.29 is 9.59 Å². The molecule has 0 atom stereocenters. The summed E-state index contributed by atoms with van der Waals surface area (Å²) in [5, 5.41) is 0. The van der Waals surface area contributed by atoms with Gasteiger partial charge in [0.1, 0.15) is 0 Å². The first-order chi connectivity index (χ1) is 11.1. The van der Waals surface area contributed by atoms with E-state index in [4.69, 9.17) is 12.2 Å². The van der Waals surface area contributed by atoms with Gasteiger partial charge < -0.3 is 0 Å². The molecule has 0 spiro atoms. The van der Waals surface area contributed by atoms with Gasteiger partial charge in [0.25, 0.3) is 11.8 Å². The first-order valence-electron chi connectivity index (χ1n) is 7.00. The summed E-state index contributed by atoms with van der Waals surface area (Å²) in [6.07, 6.45) is 1.76. The molecule has 1 heterocycles. The van der Waals surface area contributed by atoms with Crippen LogP contribution in [0.5, 0.6) is 0 Å². The Bertz CT molecular complexity index is 811. The van der Waals surface area contributed by atoms with Crippen molar-refractivity contribution in [2.45, 2.75) is 6.92 Å². The molecule has 114 valence electrons. The van der Waals surface area contributed by atoms with Crippen molar-refractivity contribution in [3.63, 3.8) is 0 Å². The zero-order valence-corrected chi connectivity index (χ0v) is 14.0. The summed E-state index contributed by atoms with van der Waals surface area (Å²) in [6.45, 7) is 2.00. The Morgan fingerprint density at radius 3 is 2.39 bits per heavy atom. The van der Waals surface area contributed by atoms with Gasteiger partial charge >= 0.3 is 0 Å². The SMILES string of the molecule is Cc1ccc(C=C2SC(=S)N(C(=O)c3ccccc3)C2=O)cc1. The number of thioether (sulfide) groups is 1. The summed E-state index contributed by atoms with van der Waals surface area (Å²) < 4.78 is 0.266. The van der Waals surface area contributed by atoms with Crippen LogP contribution in [0.3, 0.4) is 0 Å². The van der Waals surface area contributed by atoms with Crippen LogP contribution in [0, 0.1) is 6.92 Å². The van der Waals surface area contributed by atoms with Crippen molar-refractivity contribution in [1.29, 1.82) is 0 Å². The number of benzene rings is 2. The van der Waals surface area contributed by atoms with Gasteiger partial charge in [-0.3, -0.25) is 9.59 Å². The van der Waals surface area contributed by atoms with E-state index in [2.05, 4.69) is 0 Å². The highest BCUT2D eigenvalue weighted by atomic mass is 32.2. The Kier molecular flexibility index (Phi) is 4.41. The molecule has 0 unspecified atom stereocenters. The summed E-state index contributed by atoms with van der Waals surface area (Å²) in [5.41, 5.74) is 2.50. The third-order valence-corrected chi connectivity index (χ3v) is 4.69. The number of nitrogens with zero attached hydrogens (tertiary/aromatic N) is 1. The van der Waals surface area contributed by atoms with Gasteiger partial charge in [-0.2, -0.15) is 0 Å². The molecule has 1 fully saturated rings. The van der Waals surface area contributed by atoms with Crippen molar-refractivity contribution >= 4 is 46.2 Å². The molecule has 0 radical (unpaired) electrons. The quantitative estimate of drug-likeness (QED) is 0.470. The van der Waals surface area contributed by atoms with Gasteiger partial charge in [-0.25, -0.2) is 4.90 Å². The molecule has 1 saturated heterocycles. The van der Waals surface area contributed by atoms with Crippen LogP contribution in [0.1, 0.15) is 21.5 Å². The Morgan fingerprint density at radius 2 is 1.74 bits per heavy atom. The molecule has 2 aromatic carbocycles. The molecular formula is C18H13NO2S2. The van der Waals surface area contributed by atoms with E-state index in [1.807, 2.05) is 37.3 Å². The lowest BCUT2D eigenvalue weighted by atomic mass is 10.1. The molecule has 2 amide bonds. The van der Waals surface area contributed by atoms with E-state index in [1.165, 1.54) is 0 Å². The van der Waals surface area contributed by atoms with Crippen LogP contribution in [0.15, 0.2) is 59.5 Å². The number of amides is 2. The summed E-state index contributed by atoms with van der Waals surface area (Å²) in [6, 6.07) is 16.5. The topological polar surface area (TPSA) is 37.4 Å². The van der Waals surface area contributed by atoms with Crippen molar-refractivity contribution in [2.75, 3.05) is 0 Å². The first kappa shape index (κ1) is 15.6. The lowest BCUT2D eigenvalue weighted by molar-refractivity contribution is -0.120. The van der Waals surface area contributed by atoms with Crippen LogP contribution in [-0.2, 0) is 4.79 Å². The molecule has 3 rings (SSSR count). The van der Waals surface area contributed by atoms with Crippen LogP contribution >= 0.6 is 24.0 Å². The van der Waals surface area contributed by atoms with E-state index >= 15 is 0 Å². The molecule has 0 bridgehead atoms. The Balaban J connectivity index is 1.88. The molecule has 1 aliphatic heterocycles. The van der Waals surface area contributed by atoms with Gasteiger partial charge in [0.2, 0.25) is 0 Å². The number of hydrogen-bond acceptors (Lipinski definition) is 4. The van der Waals surface area contributed by atoms with Gasteiger partial charge in [-0.15, -0.1) is 0 Å². The lowest BCUT2D eigenvalue weighted by Crippen LogP contribution is -2.34. The third-order valence-electron chi connectivity index (χ3n) is 3.39. The summed E-state index contributed by atoms with van der Waals surface area (Å²) in [4.78, 5) is 26.5. The second-order valence-electron chi connectivity index (χ2n) is 5.10. The molecule has 0 N–H and O–H groups in total. The van der Waals surface area contributed by atoms with Crippen LogP contribution < -0.4 is 0 Å². The maximum atomic E-state index is 12.5. The summed E-state index contributed by atoms with van der Waals surface area (Å²) in [7, 11) is 0. The van der Waals surface area contributed by atoms with E-state index in [-0.39, 0.29) is 16.1 Å². The summed E-state index contributed by atoms with van der Waals surface area (Å²) in [5.74, 6) is -0.755. The van der Waals surface area contributed by atoms with Gasteiger partial charge in [-0.05, 0) is 30.7 Å². The predicted molar refractivity (Wildman–Crippen MR) is 97.0 cm³/mol. The predicted octanol–water partition coefficient (Wildman–Crippen LogP) is 4.04. The Hall–Kier alpha value is -2.24. The average molecular weight is 339 g/mol. The normalized spacial score (nSPS) is 16.2. The standard InChI is InChI=1S/C18H13NO2S2/c1-12-7-9-13(10-8-12)11-15-17(21)19(18(22)23-15)16(20)14-5-3-2-4-6-14/h2-11H,1H3. The number of carbonyl (C=O) groups is 2. The van der Waals surface area contributed by atoms with Crippen molar-refractivity contribution in [3.8, 4) is 0 Å². The van der Waals surface area contributed by atoms with Gasteiger partial charge in [0.05, 0.1) is 4.91 Å². The number of hydrogen-bond donors (Lipinski definition) is 0. The fraction of sp³-hybridized carbons (Fsp3) is 0.0556. The van der Waals surface area contributed by atoms with Crippen molar-refractivity contribution in [2.24, 2.45) is 0 Å². The fourth-order valence-corrected chi connectivity index (χ4v) is 3.42. The molecule has 2 aromatic rings. The maximum Gasteiger partial charge on any atom is 0.273 e. The zero-order chi connectivity index (χ0) is 16.4. The van der Waals surface area contributed by atoms with Crippen LogP contribution in [0.2, 0.25) is 0 Å². The highest BCUT2D eigenvalue weighted by molar-refractivity contribution is 8.26. The monoisotopic (exact) mass is 339 g/mol. The van der Waals surface area contributed by atoms with Crippen LogP contribution in [0.4, 0.5) is 0 Å². The number of aryl methyl sites for hydroxylation is 1. The average Bonchev–Trinajstić information content (AvgIpc) is 2.84. The maximum absolute atomic E-state index is 12.5. The number of rotatable bonds is 2. The van der Waals surface area contributed by atoms with E-state index in [0.29, 0.717) is 10.5 Å². The number of thiocarbonyl (C=S) groups is 1. The second kappa shape index (κ2) is 6.48. The van der Waals surface area contributed by atoms with Crippen LogP contribution in [0.25, 0.3) is 6.08 Å². The minimum Gasteiger partial charge on any atom is -0.268 e. The van der Waals surface area contributed by atoms with Gasteiger partial charge in [0, 0.05) is 5.56 Å². The molecule has 0 aliphatic carbocycles. The Morgan fingerprint density at radius 1 is 1.09 bits per heavy atom. The van der Waals surface area contributed by atoms with E-state index in [9.17, 15) is 9.59 Å². The fourth-order valence-electron chi connectivity index (χ4n) is 2.17.